The number of amidine groups is 1. The van der Waals surface area contributed by atoms with Crippen LogP contribution in [0.15, 0.2) is 28.3 Å². The van der Waals surface area contributed by atoms with Crippen molar-refractivity contribution in [3.05, 3.63) is 23.8 Å². The summed E-state index contributed by atoms with van der Waals surface area (Å²) in [5.41, 5.74) is 7.67. The molecule has 1 aliphatic rings. The molecule has 20 heavy (non-hydrogen) atoms. The van der Waals surface area contributed by atoms with Crippen molar-refractivity contribution in [3.8, 4) is 0 Å². The number of rotatable bonds is 3. The summed E-state index contributed by atoms with van der Waals surface area (Å²) in [4.78, 5) is 3.25. The van der Waals surface area contributed by atoms with E-state index in [2.05, 4.69) is 23.9 Å². The molecule has 1 aromatic carbocycles. The van der Waals surface area contributed by atoms with Gasteiger partial charge in [0.05, 0.1) is 17.8 Å². The van der Waals surface area contributed by atoms with Gasteiger partial charge in [-0.1, -0.05) is 11.2 Å². The molecule has 0 aliphatic carbocycles. The summed E-state index contributed by atoms with van der Waals surface area (Å²) in [7, 11) is 0. The van der Waals surface area contributed by atoms with Gasteiger partial charge in [0.15, 0.2) is 5.84 Å². The second-order valence-corrected chi connectivity index (χ2v) is 5.85. The van der Waals surface area contributed by atoms with E-state index in [4.69, 9.17) is 15.7 Å². The number of ether oxygens (including phenoxy) is 1. The summed E-state index contributed by atoms with van der Waals surface area (Å²) in [5, 5.41) is 12.2. The van der Waals surface area contributed by atoms with Gasteiger partial charge < -0.3 is 20.6 Å². The van der Waals surface area contributed by atoms with E-state index in [1.165, 1.54) is 0 Å². The minimum absolute atomic E-state index is 0.150. The Kier molecular flexibility index (Phi) is 4.77. The second-order valence-electron chi connectivity index (χ2n) is 5.00. The zero-order valence-electron chi connectivity index (χ0n) is 12.0. The Morgan fingerprint density at radius 1 is 1.40 bits per heavy atom. The van der Waals surface area contributed by atoms with Gasteiger partial charge in [-0.25, -0.2) is 0 Å². The van der Waals surface area contributed by atoms with Gasteiger partial charge in [0.25, 0.3) is 0 Å². The predicted molar refractivity (Wildman–Crippen MR) is 83.0 cm³/mol. The predicted octanol–water partition coefficient (Wildman–Crippen LogP) is 2.12. The molecular formula is C14H21N3O2S. The largest absolute Gasteiger partial charge is 0.409 e. The van der Waals surface area contributed by atoms with E-state index in [9.17, 15) is 0 Å². The van der Waals surface area contributed by atoms with E-state index in [-0.39, 0.29) is 18.0 Å². The Bertz CT molecular complexity index is 497. The van der Waals surface area contributed by atoms with Crippen molar-refractivity contribution in [2.24, 2.45) is 10.9 Å². The fourth-order valence-corrected chi connectivity index (χ4v) is 3.26. The lowest BCUT2D eigenvalue weighted by molar-refractivity contribution is -0.00523. The van der Waals surface area contributed by atoms with Gasteiger partial charge >= 0.3 is 0 Å². The summed E-state index contributed by atoms with van der Waals surface area (Å²) in [5.74, 6) is 0.150. The molecule has 0 bridgehead atoms. The monoisotopic (exact) mass is 295 g/mol. The molecule has 2 atom stereocenters. The number of thioether (sulfide) groups is 1. The molecule has 2 rings (SSSR count). The molecule has 6 heteroatoms. The molecule has 0 amide bonds. The molecular weight excluding hydrogens is 274 g/mol. The number of nitrogens with two attached hydrogens (primary N) is 1. The number of morpholine rings is 1. The van der Waals surface area contributed by atoms with Crippen molar-refractivity contribution >= 4 is 23.3 Å². The SMILES string of the molecule is CSc1cccc(N2CC(C)OC(C)C2)c1/C(N)=N/O. The molecule has 0 radical (unpaired) electrons. The third-order valence-electron chi connectivity index (χ3n) is 3.35. The van der Waals surface area contributed by atoms with Gasteiger partial charge in [-0.05, 0) is 32.2 Å². The molecule has 5 nitrogen and oxygen atoms in total. The molecule has 1 aromatic rings. The number of oxime groups is 1. The van der Waals surface area contributed by atoms with E-state index in [0.29, 0.717) is 0 Å². The molecule has 110 valence electrons. The molecule has 3 N–H and O–H groups in total. The molecule has 1 heterocycles. The molecule has 2 unspecified atom stereocenters. The van der Waals surface area contributed by atoms with Gasteiger partial charge in [-0.3, -0.25) is 0 Å². The number of hydrogen-bond acceptors (Lipinski definition) is 5. The highest BCUT2D eigenvalue weighted by Gasteiger charge is 2.25. The average molecular weight is 295 g/mol. The van der Waals surface area contributed by atoms with Crippen molar-refractivity contribution in [3.63, 3.8) is 0 Å². The summed E-state index contributed by atoms with van der Waals surface area (Å²) >= 11 is 1.59. The Balaban J connectivity index is 2.45. The van der Waals surface area contributed by atoms with Crippen LogP contribution in [-0.4, -0.2) is 42.6 Å². The van der Waals surface area contributed by atoms with Crippen LogP contribution in [0.1, 0.15) is 19.4 Å². The molecule has 1 fully saturated rings. The second kappa shape index (κ2) is 6.37. The van der Waals surface area contributed by atoms with Crippen LogP contribution >= 0.6 is 11.8 Å². The van der Waals surface area contributed by atoms with Crippen LogP contribution in [0, 0.1) is 0 Å². The van der Waals surface area contributed by atoms with Crippen molar-refractivity contribution < 1.29 is 9.94 Å². The number of hydrogen-bond donors (Lipinski definition) is 2. The van der Waals surface area contributed by atoms with Gasteiger partial charge in [0.2, 0.25) is 0 Å². The third kappa shape index (κ3) is 3.02. The van der Waals surface area contributed by atoms with Crippen molar-refractivity contribution in [2.45, 2.75) is 31.0 Å². The highest BCUT2D eigenvalue weighted by atomic mass is 32.2. The highest BCUT2D eigenvalue weighted by Crippen LogP contribution is 2.31. The van der Waals surface area contributed by atoms with Gasteiger partial charge in [0.1, 0.15) is 0 Å². The number of nitrogens with zero attached hydrogens (tertiary/aromatic N) is 2. The Morgan fingerprint density at radius 3 is 2.60 bits per heavy atom. The summed E-state index contributed by atoms with van der Waals surface area (Å²) in [6.45, 7) is 5.72. The minimum Gasteiger partial charge on any atom is -0.409 e. The lowest BCUT2D eigenvalue weighted by Crippen LogP contribution is -2.46. The first-order chi connectivity index (χ1) is 9.56. The van der Waals surface area contributed by atoms with Gasteiger partial charge in [-0.2, -0.15) is 0 Å². The zero-order valence-corrected chi connectivity index (χ0v) is 12.9. The quantitative estimate of drug-likeness (QED) is 0.294. The lowest BCUT2D eigenvalue weighted by atomic mass is 10.1. The average Bonchev–Trinajstić information content (AvgIpc) is 2.44. The first-order valence-electron chi connectivity index (χ1n) is 6.62. The van der Waals surface area contributed by atoms with Crippen LogP contribution < -0.4 is 10.6 Å². The van der Waals surface area contributed by atoms with Crippen LogP contribution in [0.5, 0.6) is 0 Å². The highest BCUT2D eigenvalue weighted by molar-refractivity contribution is 7.98. The first kappa shape index (κ1) is 15.0. The Morgan fingerprint density at radius 2 is 2.05 bits per heavy atom. The first-order valence-corrected chi connectivity index (χ1v) is 7.84. The van der Waals surface area contributed by atoms with E-state index < -0.39 is 0 Å². The topological polar surface area (TPSA) is 71.1 Å². The molecule has 1 saturated heterocycles. The van der Waals surface area contributed by atoms with E-state index in [1.54, 1.807) is 11.8 Å². The van der Waals surface area contributed by atoms with Crippen LogP contribution in [-0.2, 0) is 4.74 Å². The molecule has 1 aliphatic heterocycles. The molecule has 0 aromatic heterocycles. The van der Waals surface area contributed by atoms with Crippen LogP contribution in [0.3, 0.4) is 0 Å². The van der Waals surface area contributed by atoms with Crippen LogP contribution in [0.2, 0.25) is 0 Å². The van der Waals surface area contributed by atoms with E-state index >= 15 is 0 Å². The third-order valence-corrected chi connectivity index (χ3v) is 4.13. The van der Waals surface area contributed by atoms with Gasteiger partial charge in [-0.15, -0.1) is 11.8 Å². The minimum atomic E-state index is 0.150. The fourth-order valence-electron chi connectivity index (χ4n) is 2.64. The maximum atomic E-state index is 9.05. The van der Waals surface area contributed by atoms with Crippen molar-refractivity contribution in [1.29, 1.82) is 0 Å². The standard InChI is InChI=1S/C14H21N3O2S/c1-9-7-17(8-10(2)19-9)11-5-4-6-12(20-3)13(11)14(15)16-18/h4-6,9-10,18H,7-8H2,1-3H3,(H2,15,16). The zero-order chi connectivity index (χ0) is 14.7. The van der Waals surface area contributed by atoms with Crippen LogP contribution in [0.4, 0.5) is 5.69 Å². The molecule has 0 spiro atoms. The smallest absolute Gasteiger partial charge is 0.173 e. The van der Waals surface area contributed by atoms with Crippen molar-refractivity contribution in [1.82, 2.24) is 0 Å². The normalized spacial score (nSPS) is 23.9. The van der Waals surface area contributed by atoms with E-state index in [1.807, 2.05) is 24.5 Å². The van der Waals surface area contributed by atoms with E-state index in [0.717, 1.165) is 29.2 Å². The number of anilines is 1. The molecule has 0 saturated carbocycles. The maximum absolute atomic E-state index is 9.05. The Labute approximate surface area is 123 Å². The summed E-state index contributed by atoms with van der Waals surface area (Å²) in [6, 6.07) is 5.99. The van der Waals surface area contributed by atoms with Crippen molar-refractivity contribution in [2.75, 3.05) is 24.2 Å². The maximum Gasteiger partial charge on any atom is 0.173 e. The van der Waals surface area contributed by atoms with Crippen LogP contribution in [0.25, 0.3) is 0 Å². The number of benzene rings is 1. The summed E-state index contributed by atoms with van der Waals surface area (Å²) in [6.07, 6.45) is 2.31. The fraction of sp³-hybridized carbons (Fsp3) is 0.500. The van der Waals surface area contributed by atoms with Gasteiger partial charge in [0, 0.05) is 23.7 Å². The lowest BCUT2D eigenvalue weighted by Gasteiger charge is -2.38. The summed E-state index contributed by atoms with van der Waals surface area (Å²) < 4.78 is 5.76. The Hall–Kier alpha value is -1.40.